The highest BCUT2D eigenvalue weighted by Crippen LogP contribution is 2.36. The van der Waals surface area contributed by atoms with Crippen molar-refractivity contribution in [2.24, 2.45) is 0 Å². The highest BCUT2D eigenvalue weighted by Gasteiger charge is 2.51. The molecule has 1 aromatic heterocycles. The van der Waals surface area contributed by atoms with Gasteiger partial charge in [-0.3, -0.25) is 0 Å². The third-order valence-electron chi connectivity index (χ3n) is 3.73. The van der Waals surface area contributed by atoms with Crippen molar-refractivity contribution in [2.75, 3.05) is 0 Å². The summed E-state index contributed by atoms with van der Waals surface area (Å²) in [5.74, 6) is 0.596. The van der Waals surface area contributed by atoms with Gasteiger partial charge in [-0.15, -0.1) is 0 Å². The van der Waals surface area contributed by atoms with Gasteiger partial charge >= 0.3 is 7.12 Å². The molecule has 1 aromatic rings. The normalized spacial score (nSPS) is 20.7. The van der Waals surface area contributed by atoms with Gasteiger partial charge < -0.3 is 14.0 Å². The van der Waals surface area contributed by atoms with Gasteiger partial charge in [0.25, 0.3) is 0 Å². The lowest BCUT2D eigenvalue weighted by atomic mass is 9.80. The lowest BCUT2D eigenvalue weighted by molar-refractivity contribution is 0.00578. The van der Waals surface area contributed by atoms with Gasteiger partial charge in [0.05, 0.1) is 11.2 Å². The fourth-order valence-electron chi connectivity index (χ4n) is 1.97. The standard InChI is InChI=1S/C15H23BINO3/c1-13(2,3)19-12-9-10(8-11(17)18-12)16-20-14(4,5)15(6,7)21-16/h8-9H,1-7H3. The maximum absolute atomic E-state index is 6.08. The summed E-state index contributed by atoms with van der Waals surface area (Å²) in [7, 11) is -0.395. The smallest absolute Gasteiger partial charge is 0.472 e. The van der Waals surface area contributed by atoms with Gasteiger partial charge in [0.15, 0.2) is 0 Å². The van der Waals surface area contributed by atoms with Crippen LogP contribution >= 0.6 is 22.6 Å². The second kappa shape index (κ2) is 5.39. The molecule has 0 radical (unpaired) electrons. The molecule has 21 heavy (non-hydrogen) atoms. The first-order valence-corrected chi connectivity index (χ1v) is 8.20. The molecule has 0 aromatic carbocycles. The molecule has 2 heterocycles. The van der Waals surface area contributed by atoms with Crippen molar-refractivity contribution in [2.45, 2.75) is 65.3 Å². The van der Waals surface area contributed by atoms with Gasteiger partial charge in [0, 0.05) is 6.07 Å². The Morgan fingerprint density at radius 1 is 1.10 bits per heavy atom. The Morgan fingerprint density at radius 2 is 1.62 bits per heavy atom. The van der Waals surface area contributed by atoms with Crippen LogP contribution in [0.3, 0.4) is 0 Å². The Kier molecular flexibility index (Phi) is 4.37. The Balaban J connectivity index is 2.30. The summed E-state index contributed by atoms with van der Waals surface area (Å²) < 4.78 is 18.9. The fraction of sp³-hybridized carbons (Fsp3) is 0.667. The highest BCUT2D eigenvalue weighted by molar-refractivity contribution is 14.1. The summed E-state index contributed by atoms with van der Waals surface area (Å²) in [6.45, 7) is 14.2. The molecule has 1 saturated heterocycles. The molecule has 116 valence electrons. The van der Waals surface area contributed by atoms with E-state index in [0.29, 0.717) is 5.88 Å². The Hall–Kier alpha value is -0.335. The first-order chi connectivity index (χ1) is 9.40. The zero-order valence-electron chi connectivity index (χ0n) is 13.8. The van der Waals surface area contributed by atoms with Crippen LogP contribution in [-0.4, -0.2) is 28.9 Å². The van der Waals surface area contributed by atoms with Crippen molar-refractivity contribution >= 4 is 35.2 Å². The molecule has 1 fully saturated rings. The van der Waals surface area contributed by atoms with Crippen molar-refractivity contribution < 1.29 is 14.0 Å². The molecule has 1 aliphatic heterocycles. The number of hydrogen-bond donors (Lipinski definition) is 0. The molecule has 0 unspecified atom stereocenters. The van der Waals surface area contributed by atoms with Crippen LogP contribution in [0.1, 0.15) is 48.5 Å². The molecular formula is C15H23BINO3. The van der Waals surface area contributed by atoms with Gasteiger partial charge in [0.1, 0.15) is 9.30 Å². The second-order valence-corrected chi connectivity index (χ2v) is 8.47. The van der Waals surface area contributed by atoms with E-state index in [9.17, 15) is 0 Å². The topological polar surface area (TPSA) is 40.6 Å². The maximum Gasteiger partial charge on any atom is 0.495 e. The molecule has 0 amide bonds. The summed E-state index contributed by atoms with van der Waals surface area (Å²) in [4.78, 5) is 4.42. The number of halogens is 1. The predicted molar refractivity (Wildman–Crippen MR) is 93.1 cm³/mol. The largest absolute Gasteiger partial charge is 0.495 e. The highest BCUT2D eigenvalue weighted by atomic mass is 127. The summed E-state index contributed by atoms with van der Waals surface area (Å²) >= 11 is 2.18. The van der Waals surface area contributed by atoms with Gasteiger partial charge in [-0.25, -0.2) is 4.98 Å². The van der Waals surface area contributed by atoms with Gasteiger partial charge in [-0.2, -0.15) is 0 Å². The molecule has 6 heteroatoms. The van der Waals surface area contributed by atoms with Crippen molar-refractivity contribution in [3.05, 3.63) is 15.8 Å². The number of nitrogens with zero attached hydrogens (tertiary/aromatic N) is 1. The molecule has 2 rings (SSSR count). The molecule has 0 N–H and O–H groups in total. The minimum absolute atomic E-state index is 0.287. The summed E-state index contributed by atoms with van der Waals surface area (Å²) in [6, 6.07) is 3.87. The van der Waals surface area contributed by atoms with Crippen molar-refractivity contribution in [1.82, 2.24) is 4.98 Å². The van der Waals surface area contributed by atoms with E-state index < -0.39 is 7.12 Å². The third kappa shape index (κ3) is 3.90. The zero-order valence-corrected chi connectivity index (χ0v) is 15.9. The maximum atomic E-state index is 6.08. The van der Waals surface area contributed by atoms with E-state index in [2.05, 4.69) is 27.6 Å². The molecule has 0 spiro atoms. The van der Waals surface area contributed by atoms with Crippen LogP contribution in [0.2, 0.25) is 0 Å². The van der Waals surface area contributed by atoms with Crippen molar-refractivity contribution in [3.63, 3.8) is 0 Å². The van der Waals surface area contributed by atoms with Crippen LogP contribution in [0.25, 0.3) is 0 Å². The van der Waals surface area contributed by atoms with Crippen molar-refractivity contribution in [3.8, 4) is 5.88 Å². The number of hydrogen-bond acceptors (Lipinski definition) is 4. The van der Waals surface area contributed by atoms with Gasteiger partial charge in [-0.1, -0.05) is 0 Å². The first kappa shape index (κ1) is 17.0. The number of rotatable bonds is 2. The van der Waals surface area contributed by atoms with Crippen molar-refractivity contribution in [1.29, 1.82) is 0 Å². The van der Waals surface area contributed by atoms with E-state index >= 15 is 0 Å². The molecule has 0 bridgehead atoms. The second-order valence-electron chi connectivity index (χ2n) is 7.36. The van der Waals surface area contributed by atoms with E-state index in [1.807, 2.05) is 60.6 Å². The van der Waals surface area contributed by atoms with Gasteiger partial charge in [0.2, 0.25) is 5.88 Å². The number of pyridine rings is 1. The van der Waals surface area contributed by atoms with Crippen LogP contribution in [0.15, 0.2) is 12.1 Å². The van der Waals surface area contributed by atoms with E-state index in [0.717, 1.165) is 9.16 Å². The number of ether oxygens (including phenoxy) is 1. The lowest BCUT2D eigenvalue weighted by Gasteiger charge is -2.32. The van der Waals surface area contributed by atoms with Crippen LogP contribution < -0.4 is 10.2 Å². The quantitative estimate of drug-likeness (QED) is 0.432. The zero-order chi connectivity index (χ0) is 16.1. The fourth-order valence-corrected chi connectivity index (χ4v) is 2.57. The monoisotopic (exact) mass is 403 g/mol. The molecule has 1 aliphatic rings. The molecule has 0 aliphatic carbocycles. The summed E-state index contributed by atoms with van der Waals surface area (Å²) in [5.41, 5.74) is -0.0493. The molecular weight excluding hydrogens is 380 g/mol. The van der Waals surface area contributed by atoms with Crippen LogP contribution in [0.5, 0.6) is 5.88 Å². The van der Waals surface area contributed by atoms with Crippen LogP contribution in [0.4, 0.5) is 0 Å². The third-order valence-corrected chi connectivity index (χ3v) is 4.28. The van der Waals surface area contributed by atoms with E-state index in [4.69, 9.17) is 14.0 Å². The average Bonchev–Trinajstić information content (AvgIpc) is 2.44. The number of aromatic nitrogens is 1. The van der Waals surface area contributed by atoms with Gasteiger partial charge in [-0.05, 0) is 82.6 Å². The lowest BCUT2D eigenvalue weighted by Crippen LogP contribution is -2.41. The molecule has 0 atom stereocenters. The van der Waals surface area contributed by atoms with E-state index in [1.54, 1.807) is 0 Å². The first-order valence-electron chi connectivity index (χ1n) is 7.12. The predicted octanol–water partition coefficient (Wildman–Crippen LogP) is 3.16. The minimum atomic E-state index is -0.395. The Labute approximate surface area is 141 Å². The summed E-state index contributed by atoms with van der Waals surface area (Å²) in [6.07, 6.45) is 0. The molecule has 4 nitrogen and oxygen atoms in total. The molecule has 0 saturated carbocycles. The Morgan fingerprint density at radius 3 is 2.10 bits per heavy atom. The summed E-state index contributed by atoms with van der Waals surface area (Å²) in [5, 5.41) is 0. The van der Waals surface area contributed by atoms with Crippen LogP contribution in [-0.2, 0) is 9.31 Å². The minimum Gasteiger partial charge on any atom is -0.472 e. The SMILES string of the molecule is CC(C)(C)Oc1cc(B2OC(C)(C)C(C)(C)O2)cc(I)n1. The van der Waals surface area contributed by atoms with Crippen LogP contribution in [0, 0.1) is 3.70 Å². The van der Waals surface area contributed by atoms with E-state index in [1.165, 1.54) is 0 Å². The average molecular weight is 403 g/mol. The van der Waals surface area contributed by atoms with E-state index in [-0.39, 0.29) is 16.8 Å². The Bertz CT molecular complexity index is 524.